The number of pyridine rings is 1. The molecule has 0 atom stereocenters. The zero-order valence-corrected chi connectivity index (χ0v) is 18.5. The first kappa shape index (κ1) is 20.4. The van der Waals surface area contributed by atoms with Gasteiger partial charge in [-0.15, -0.1) is 0 Å². The minimum Gasteiger partial charge on any atom is -0.365 e. The van der Waals surface area contributed by atoms with Crippen molar-refractivity contribution in [3.63, 3.8) is 0 Å². The topological polar surface area (TPSA) is 75.7 Å². The number of aryl methyl sites for hydroxylation is 2. The first-order chi connectivity index (χ1) is 14.3. The SMILES string of the molecule is CCc1onc(C)c1C(=O)N1CCC(c2nc3ccccn3c2NC(C)(C)C)CC1. The highest BCUT2D eigenvalue weighted by Crippen LogP contribution is 2.35. The van der Waals surface area contributed by atoms with E-state index in [2.05, 4.69) is 41.8 Å². The summed E-state index contributed by atoms with van der Waals surface area (Å²) in [6.07, 6.45) is 4.50. The summed E-state index contributed by atoms with van der Waals surface area (Å²) in [5.41, 5.74) is 3.29. The Morgan fingerprint density at radius 2 is 2.00 bits per heavy atom. The molecule has 160 valence electrons. The first-order valence-electron chi connectivity index (χ1n) is 10.8. The highest BCUT2D eigenvalue weighted by atomic mass is 16.5. The van der Waals surface area contributed by atoms with Crippen LogP contribution in [-0.4, -0.2) is 44.0 Å². The molecule has 1 aliphatic heterocycles. The third-order valence-electron chi connectivity index (χ3n) is 5.69. The molecular weight excluding hydrogens is 378 g/mol. The minimum absolute atomic E-state index is 0.0343. The van der Waals surface area contributed by atoms with E-state index in [-0.39, 0.29) is 11.4 Å². The van der Waals surface area contributed by atoms with Gasteiger partial charge in [0.25, 0.3) is 5.91 Å². The van der Waals surface area contributed by atoms with E-state index in [4.69, 9.17) is 9.51 Å². The van der Waals surface area contributed by atoms with Crippen LogP contribution < -0.4 is 5.32 Å². The van der Waals surface area contributed by atoms with E-state index in [0.717, 1.165) is 30.0 Å². The van der Waals surface area contributed by atoms with Crippen LogP contribution >= 0.6 is 0 Å². The molecule has 0 bridgehead atoms. The summed E-state index contributed by atoms with van der Waals surface area (Å²) in [6, 6.07) is 6.08. The van der Waals surface area contributed by atoms with Gasteiger partial charge in [-0.1, -0.05) is 18.1 Å². The van der Waals surface area contributed by atoms with Gasteiger partial charge < -0.3 is 14.7 Å². The summed E-state index contributed by atoms with van der Waals surface area (Å²) in [7, 11) is 0. The van der Waals surface area contributed by atoms with Gasteiger partial charge in [-0.3, -0.25) is 9.20 Å². The fourth-order valence-corrected chi connectivity index (χ4v) is 4.22. The summed E-state index contributed by atoms with van der Waals surface area (Å²) in [4.78, 5) is 20.0. The molecule has 1 fully saturated rings. The van der Waals surface area contributed by atoms with Crippen molar-refractivity contribution in [2.75, 3.05) is 18.4 Å². The number of aromatic nitrogens is 3. The van der Waals surface area contributed by atoms with Gasteiger partial charge in [-0.2, -0.15) is 0 Å². The summed E-state index contributed by atoms with van der Waals surface area (Å²) in [5.74, 6) is 2.09. The molecule has 0 saturated carbocycles. The van der Waals surface area contributed by atoms with Gasteiger partial charge in [0.15, 0.2) is 0 Å². The van der Waals surface area contributed by atoms with E-state index in [1.165, 1.54) is 0 Å². The molecule has 1 saturated heterocycles. The number of likely N-dealkylation sites (tertiary alicyclic amines) is 1. The lowest BCUT2D eigenvalue weighted by Gasteiger charge is -2.32. The maximum Gasteiger partial charge on any atom is 0.259 e. The second-order valence-electron chi connectivity index (χ2n) is 9.14. The molecule has 1 N–H and O–H groups in total. The Bertz CT molecular complexity index is 1050. The van der Waals surface area contributed by atoms with Crippen LogP contribution in [0.2, 0.25) is 0 Å². The fourth-order valence-electron chi connectivity index (χ4n) is 4.22. The molecule has 30 heavy (non-hydrogen) atoms. The number of piperidine rings is 1. The van der Waals surface area contributed by atoms with Crippen LogP contribution in [0.25, 0.3) is 5.65 Å². The molecule has 7 nitrogen and oxygen atoms in total. The van der Waals surface area contributed by atoms with E-state index in [1.807, 2.05) is 36.9 Å². The van der Waals surface area contributed by atoms with Crippen molar-refractivity contribution in [1.82, 2.24) is 19.4 Å². The monoisotopic (exact) mass is 409 g/mol. The number of anilines is 1. The number of carbonyl (C=O) groups excluding carboxylic acids is 1. The molecule has 4 rings (SSSR count). The van der Waals surface area contributed by atoms with Gasteiger partial charge in [0.2, 0.25) is 0 Å². The molecule has 3 aromatic rings. The number of carbonyl (C=O) groups is 1. The Morgan fingerprint density at radius 3 is 2.67 bits per heavy atom. The normalized spacial score (nSPS) is 15.7. The van der Waals surface area contributed by atoms with Crippen LogP contribution in [0.4, 0.5) is 5.82 Å². The van der Waals surface area contributed by atoms with Crippen LogP contribution in [0.15, 0.2) is 28.9 Å². The lowest BCUT2D eigenvalue weighted by Crippen LogP contribution is -2.38. The highest BCUT2D eigenvalue weighted by molar-refractivity contribution is 5.96. The molecular formula is C23H31N5O2. The molecule has 0 spiro atoms. The van der Waals surface area contributed by atoms with Crippen molar-refractivity contribution in [2.45, 2.75) is 65.3 Å². The number of fused-ring (bicyclic) bond motifs is 1. The predicted molar refractivity (Wildman–Crippen MR) is 117 cm³/mol. The van der Waals surface area contributed by atoms with Crippen molar-refractivity contribution in [2.24, 2.45) is 0 Å². The van der Waals surface area contributed by atoms with Crippen molar-refractivity contribution in [3.8, 4) is 0 Å². The smallest absolute Gasteiger partial charge is 0.259 e. The average Bonchev–Trinajstić information content (AvgIpc) is 3.27. The number of imidazole rings is 1. The third-order valence-corrected chi connectivity index (χ3v) is 5.69. The summed E-state index contributed by atoms with van der Waals surface area (Å²) in [5, 5.41) is 7.64. The number of rotatable bonds is 4. The zero-order chi connectivity index (χ0) is 21.5. The Hall–Kier alpha value is -2.83. The second-order valence-corrected chi connectivity index (χ2v) is 9.14. The van der Waals surface area contributed by atoms with Crippen molar-refractivity contribution in [1.29, 1.82) is 0 Å². The van der Waals surface area contributed by atoms with Gasteiger partial charge in [0, 0.05) is 37.2 Å². The Morgan fingerprint density at radius 1 is 1.27 bits per heavy atom. The highest BCUT2D eigenvalue weighted by Gasteiger charge is 2.31. The van der Waals surface area contributed by atoms with Crippen LogP contribution in [0, 0.1) is 6.92 Å². The standard InChI is InChI=1S/C23H31N5O2/c1-6-17-19(15(2)26-30-17)22(29)27-13-10-16(11-14-27)20-21(25-23(3,4)5)28-12-8-7-9-18(28)24-20/h7-9,12,16,25H,6,10-11,13-14H2,1-5H3. The van der Waals surface area contributed by atoms with Crippen LogP contribution in [0.5, 0.6) is 0 Å². The van der Waals surface area contributed by atoms with Crippen LogP contribution in [0.1, 0.15) is 74.0 Å². The van der Waals surface area contributed by atoms with E-state index in [9.17, 15) is 4.79 Å². The molecule has 4 heterocycles. The van der Waals surface area contributed by atoms with Gasteiger partial charge >= 0.3 is 0 Å². The lowest BCUT2D eigenvalue weighted by atomic mass is 9.92. The molecule has 0 radical (unpaired) electrons. The molecule has 0 unspecified atom stereocenters. The van der Waals surface area contributed by atoms with Crippen molar-refractivity contribution >= 4 is 17.4 Å². The minimum atomic E-state index is -0.0699. The maximum atomic E-state index is 13.1. The van der Waals surface area contributed by atoms with Crippen LogP contribution in [0.3, 0.4) is 0 Å². The van der Waals surface area contributed by atoms with Crippen molar-refractivity contribution < 1.29 is 9.32 Å². The second kappa shape index (κ2) is 7.78. The van der Waals surface area contributed by atoms with E-state index < -0.39 is 0 Å². The fraction of sp³-hybridized carbons (Fsp3) is 0.522. The Labute approximate surface area is 177 Å². The molecule has 3 aromatic heterocycles. The molecule has 1 aliphatic rings. The quantitative estimate of drug-likeness (QED) is 0.690. The molecule has 0 aromatic carbocycles. The molecule has 7 heteroatoms. The maximum absolute atomic E-state index is 13.1. The first-order valence-corrected chi connectivity index (χ1v) is 10.8. The van der Waals surface area contributed by atoms with Crippen molar-refractivity contribution in [3.05, 3.63) is 47.1 Å². The summed E-state index contributed by atoms with van der Waals surface area (Å²) >= 11 is 0. The predicted octanol–water partition coefficient (Wildman–Crippen LogP) is 4.42. The summed E-state index contributed by atoms with van der Waals surface area (Å²) in [6.45, 7) is 11.7. The zero-order valence-electron chi connectivity index (χ0n) is 18.5. The molecule has 0 aliphatic carbocycles. The van der Waals surface area contributed by atoms with E-state index in [1.54, 1.807) is 0 Å². The average molecular weight is 410 g/mol. The van der Waals surface area contributed by atoms with Gasteiger partial charge in [-0.05, 0) is 52.7 Å². The number of hydrogen-bond acceptors (Lipinski definition) is 5. The van der Waals surface area contributed by atoms with E-state index in [0.29, 0.717) is 42.4 Å². The van der Waals surface area contributed by atoms with Crippen LogP contribution in [-0.2, 0) is 6.42 Å². The summed E-state index contributed by atoms with van der Waals surface area (Å²) < 4.78 is 7.46. The third kappa shape index (κ3) is 3.80. The lowest BCUT2D eigenvalue weighted by molar-refractivity contribution is 0.0709. The number of nitrogens with zero attached hydrogens (tertiary/aromatic N) is 4. The number of nitrogens with one attached hydrogen (secondary N) is 1. The van der Waals surface area contributed by atoms with Gasteiger partial charge in [0.1, 0.15) is 22.8 Å². The van der Waals surface area contributed by atoms with Gasteiger partial charge in [-0.25, -0.2) is 4.98 Å². The Kier molecular flexibility index (Phi) is 5.30. The molecule has 1 amide bonds. The number of amides is 1. The van der Waals surface area contributed by atoms with E-state index >= 15 is 0 Å². The Balaban J connectivity index is 1.56. The van der Waals surface area contributed by atoms with Gasteiger partial charge in [0.05, 0.1) is 11.4 Å². The largest absolute Gasteiger partial charge is 0.365 e. The number of hydrogen-bond donors (Lipinski definition) is 1.